The first-order valence-corrected chi connectivity index (χ1v) is 10.3. The molecule has 0 spiro atoms. The van der Waals surface area contributed by atoms with Crippen LogP contribution in [0.15, 0.2) is 24.3 Å². The second-order valence-electron chi connectivity index (χ2n) is 7.42. The number of piperazine rings is 1. The molecular weight excluding hydrogens is 374 g/mol. The third kappa shape index (κ3) is 3.99. The third-order valence-corrected chi connectivity index (χ3v) is 6.01. The zero-order chi connectivity index (χ0) is 19.5. The molecule has 8 heteroatoms. The van der Waals surface area contributed by atoms with Gasteiger partial charge in [-0.15, -0.1) is 0 Å². The molecule has 0 atom stereocenters. The fourth-order valence-electron chi connectivity index (χ4n) is 4.14. The Kier molecular flexibility index (Phi) is 5.79. The fourth-order valence-corrected chi connectivity index (χ4v) is 4.45. The Morgan fingerprint density at radius 1 is 1.11 bits per heavy atom. The Labute approximate surface area is 169 Å². The van der Waals surface area contributed by atoms with Crippen molar-refractivity contribution >= 4 is 17.9 Å². The minimum Gasteiger partial charge on any atom is -0.328 e. The van der Waals surface area contributed by atoms with Gasteiger partial charge in [0.2, 0.25) is 0 Å². The molecule has 28 heavy (non-hydrogen) atoms. The van der Waals surface area contributed by atoms with E-state index in [1.807, 2.05) is 0 Å². The first kappa shape index (κ1) is 19.2. The molecule has 7 nitrogen and oxygen atoms in total. The summed E-state index contributed by atoms with van der Waals surface area (Å²) in [5.74, 6) is 0.829. The van der Waals surface area contributed by atoms with Crippen LogP contribution in [0, 0.1) is 14.8 Å². The van der Waals surface area contributed by atoms with Crippen LogP contribution in [0.25, 0.3) is 11.4 Å². The number of fused-ring (bicyclic) bond motifs is 1. The van der Waals surface area contributed by atoms with Crippen molar-refractivity contribution in [2.45, 2.75) is 32.2 Å². The number of rotatable bonds is 5. The summed E-state index contributed by atoms with van der Waals surface area (Å²) in [6, 6.07) is 6.65. The molecule has 2 aliphatic rings. The zero-order valence-electron chi connectivity index (χ0n) is 15.9. The highest BCUT2D eigenvalue weighted by atomic mass is 32.1. The molecule has 1 aliphatic heterocycles. The van der Waals surface area contributed by atoms with E-state index in [1.54, 1.807) is 24.3 Å². The number of nitro groups is 1. The molecule has 1 fully saturated rings. The smallest absolute Gasteiger partial charge is 0.269 e. The number of nitro benzene ring substituents is 1. The quantitative estimate of drug-likeness (QED) is 0.473. The molecule has 1 aromatic heterocycles. The maximum atomic E-state index is 11.0. The maximum Gasteiger partial charge on any atom is 0.269 e. The van der Waals surface area contributed by atoms with Crippen molar-refractivity contribution in [2.75, 3.05) is 32.7 Å². The van der Waals surface area contributed by atoms with Crippen LogP contribution in [0.3, 0.4) is 0 Å². The van der Waals surface area contributed by atoms with Gasteiger partial charge >= 0.3 is 0 Å². The highest BCUT2D eigenvalue weighted by Crippen LogP contribution is 2.28. The topological polar surface area (TPSA) is 76.2 Å². The van der Waals surface area contributed by atoms with Gasteiger partial charge in [-0.1, -0.05) is 12.2 Å². The maximum absolute atomic E-state index is 11.0. The molecule has 1 saturated heterocycles. The van der Waals surface area contributed by atoms with Crippen LogP contribution in [0.2, 0.25) is 0 Å². The second kappa shape index (κ2) is 8.46. The Hall–Kier alpha value is -2.16. The van der Waals surface area contributed by atoms with Crippen LogP contribution < -0.4 is 5.32 Å². The van der Waals surface area contributed by atoms with E-state index in [9.17, 15) is 10.1 Å². The van der Waals surface area contributed by atoms with Gasteiger partial charge in [0.05, 0.1) is 4.92 Å². The van der Waals surface area contributed by atoms with Crippen molar-refractivity contribution in [1.82, 2.24) is 19.8 Å². The van der Waals surface area contributed by atoms with E-state index in [1.165, 1.54) is 17.7 Å². The normalized spacial score (nSPS) is 17.3. The van der Waals surface area contributed by atoms with Crippen molar-refractivity contribution in [3.05, 3.63) is 50.3 Å². The van der Waals surface area contributed by atoms with Gasteiger partial charge in [-0.25, -0.2) is 4.98 Å². The monoisotopic (exact) mass is 399 g/mol. The van der Waals surface area contributed by atoms with E-state index in [-0.39, 0.29) is 10.6 Å². The highest BCUT2D eigenvalue weighted by Gasteiger charge is 2.20. The first-order valence-electron chi connectivity index (χ1n) is 9.94. The summed E-state index contributed by atoms with van der Waals surface area (Å²) in [6.45, 7) is 6.00. The molecule has 2 aromatic rings. The number of nitrogens with zero attached hydrogens (tertiary/aromatic N) is 4. The van der Waals surface area contributed by atoms with Crippen LogP contribution >= 0.6 is 12.2 Å². The first-order chi connectivity index (χ1) is 13.6. The lowest BCUT2D eigenvalue weighted by atomic mass is 9.96. The van der Waals surface area contributed by atoms with Crippen LogP contribution in [0.4, 0.5) is 5.69 Å². The number of non-ortho nitro benzene ring substituents is 1. The summed E-state index contributed by atoms with van der Waals surface area (Å²) in [4.78, 5) is 17.9. The van der Waals surface area contributed by atoms with Gasteiger partial charge in [-0.3, -0.25) is 15.0 Å². The average Bonchev–Trinajstić information content (AvgIpc) is 2.74. The van der Waals surface area contributed by atoms with E-state index >= 15 is 0 Å². The molecule has 0 bridgehead atoms. The van der Waals surface area contributed by atoms with Crippen LogP contribution in [0.1, 0.15) is 24.1 Å². The van der Waals surface area contributed by atoms with Gasteiger partial charge in [0, 0.05) is 68.2 Å². The lowest BCUT2D eigenvalue weighted by Crippen LogP contribution is -2.44. The SMILES string of the molecule is O=[N+]([O-])c1ccc(-c2nc(=S)c3c(n2CCN2CCNCC2)CCCC3)cc1. The largest absolute Gasteiger partial charge is 0.328 e. The molecule has 1 aromatic carbocycles. The lowest BCUT2D eigenvalue weighted by Gasteiger charge is -2.30. The number of hydrogen-bond acceptors (Lipinski definition) is 6. The highest BCUT2D eigenvalue weighted by molar-refractivity contribution is 7.71. The second-order valence-corrected chi connectivity index (χ2v) is 7.81. The molecule has 2 heterocycles. The number of hydrogen-bond donors (Lipinski definition) is 1. The van der Waals surface area contributed by atoms with Crippen LogP contribution in [0.5, 0.6) is 0 Å². The van der Waals surface area contributed by atoms with Crippen LogP contribution in [-0.2, 0) is 19.4 Å². The predicted octanol–water partition coefficient (Wildman–Crippen LogP) is 2.97. The van der Waals surface area contributed by atoms with Crippen molar-refractivity contribution in [1.29, 1.82) is 0 Å². The molecule has 0 amide bonds. The summed E-state index contributed by atoms with van der Waals surface area (Å²) < 4.78 is 2.99. The van der Waals surface area contributed by atoms with Crippen LogP contribution in [-0.4, -0.2) is 52.1 Å². The van der Waals surface area contributed by atoms with E-state index in [4.69, 9.17) is 17.2 Å². The summed E-state index contributed by atoms with van der Waals surface area (Å²) in [5, 5.41) is 14.4. The van der Waals surface area contributed by atoms with Crippen molar-refractivity contribution in [2.24, 2.45) is 0 Å². The number of benzene rings is 1. The molecule has 148 valence electrons. The summed E-state index contributed by atoms with van der Waals surface area (Å²) >= 11 is 5.61. The number of nitrogens with one attached hydrogen (secondary N) is 1. The van der Waals surface area contributed by atoms with E-state index in [2.05, 4.69) is 14.8 Å². The predicted molar refractivity (Wildman–Crippen MR) is 111 cm³/mol. The fraction of sp³-hybridized carbons (Fsp3) is 0.500. The number of aromatic nitrogens is 2. The average molecular weight is 400 g/mol. The molecule has 1 N–H and O–H groups in total. The Morgan fingerprint density at radius 2 is 1.82 bits per heavy atom. The molecule has 0 radical (unpaired) electrons. The Morgan fingerprint density at radius 3 is 2.54 bits per heavy atom. The van der Waals surface area contributed by atoms with Crippen molar-refractivity contribution in [3.63, 3.8) is 0 Å². The lowest BCUT2D eigenvalue weighted by molar-refractivity contribution is -0.384. The van der Waals surface area contributed by atoms with Gasteiger partial charge in [-0.05, 0) is 37.8 Å². The van der Waals surface area contributed by atoms with Gasteiger partial charge in [0.1, 0.15) is 10.5 Å². The Balaban J connectivity index is 1.72. The van der Waals surface area contributed by atoms with Crippen molar-refractivity contribution < 1.29 is 4.92 Å². The standard InChI is InChI=1S/C20H25N5O2S/c26-25(27)16-7-5-15(6-8-16)19-22-20(28)17-3-1-2-4-18(17)24(19)14-13-23-11-9-21-10-12-23/h5-8,21H,1-4,9-14H2. The van der Waals surface area contributed by atoms with Gasteiger partial charge in [-0.2, -0.15) is 0 Å². The van der Waals surface area contributed by atoms with Crippen molar-refractivity contribution in [3.8, 4) is 11.4 Å². The molecule has 0 unspecified atom stereocenters. The molecule has 0 saturated carbocycles. The molecule has 4 rings (SSSR count). The summed E-state index contributed by atoms with van der Waals surface area (Å²) in [6.07, 6.45) is 4.34. The summed E-state index contributed by atoms with van der Waals surface area (Å²) in [7, 11) is 0. The minimum absolute atomic E-state index is 0.0904. The van der Waals surface area contributed by atoms with Gasteiger partial charge in [0.15, 0.2) is 0 Å². The Bertz CT molecular complexity index is 919. The van der Waals surface area contributed by atoms with E-state index < -0.39 is 0 Å². The van der Waals surface area contributed by atoms with E-state index in [0.717, 1.165) is 69.9 Å². The van der Waals surface area contributed by atoms with E-state index in [0.29, 0.717) is 4.64 Å². The summed E-state index contributed by atoms with van der Waals surface area (Å²) in [5.41, 5.74) is 3.49. The van der Waals surface area contributed by atoms with Gasteiger partial charge in [0.25, 0.3) is 5.69 Å². The van der Waals surface area contributed by atoms with Gasteiger partial charge < -0.3 is 9.88 Å². The molecular formula is C20H25N5O2S. The zero-order valence-corrected chi connectivity index (χ0v) is 16.7. The molecule has 1 aliphatic carbocycles. The minimum atomic E-state index is -0.374. The third-order valence-electron chi connectivity index (χ3n) is 5.67.